The van der Waals surface area contributed by atoms with E-state index in [4.69, 9.17) is 11.1 Å². The average molecular weight is 225 g/mol. The van der Waals surface area contributed by atoms with Gasteiger partial charge in [-0.1, -0.05) is 0 Å². The normalized spacial score (nSPS) is 10.2. The lowest BCUT2D eigenvalue weighted by atomic mass is 10.3. The van der Waals surface area contributed by atoms with Crippen LogP contribution in [-0.4, -0.2) is 28.9 Å². The van der Waals surface area contributed by atoms with E-state index in [-0.39, 0.29) is 11.7 Å². The molecule has 0 aliphatic heterocycles. The number of nitrogens with two attached hydrogens (primary N) is 1. The molecular weight excluding hydrogens is 209 g/mol. The fourth-order valence-electron chi connectivity index (χ4n) is 1.33. The van der Waals surface area contributed by atoms with Gasteiger partial charge in [-0.3, -0.25) is 5.41 Å². The number of anilines is 1. The number of aromatic nitrogens is 2. The SMILES string of the molecule is CCN(CCC(=N)N)c1ncnc(C)c1F. The molecule has 1 aromatic rings. The fraction of sp³-hybridized carbons (Fsp3) is 0.500. The van der Waals surface area contributed by atoms with E-state index < -0.39 is 5.82 Å². The molecule has 16 heavy (non-hydrogen) atoms. The molecule has 0 aliphatic carbocycles. The second-order valence-corrected chi connectivity index (χ2v) is 3.45. The van der Waals surface area contributed by atoms with E-state index in [2.05, 4.69) is 9.97 Å². The molecule has 0 aliphatic rings. The summed E-state index contributed by atoms with van der Waals surface area (Å²) >= 11 is 0. The van der Waals surface area contributed by atoms with Crippen molar-refractivity contribution < 1.29 is 4.39 Å². The quantitative estimate of drug-likeness (QED) is 0.580. The Hall–Kier alpha value is -1.72. The van der Waals surface area contributed by atoms with E-state index in [1.54, 1.807) is 11.8 Å². The van der Waals surface area contributed by atoms with E-state index in [0.717, 1.165) is 0 Å². The summed E-state index contributed by atoms with van der Waals surface area (Å²) < 4.78 is 13.7. The lowest BCUT2D eigenvalue weighted by molar-refractivity contribution is 0.592. The standard InChI is InChI=1S/C10H16FN5/c1-3-16(5-4-8(12)13)10-9(11)7(2)14-6-15-10/h6H,3-5H2,1-2H3,(H3,12,13). The number of nitrogens with zero attached hydrogens (tertiary/aromatic N) is 3. The van der Waals surface area contributed by atoms with Gasteiger partial charge in [0.2, 0.25) is 0 Å². The highest BCUT2D eigenvalue weighted by Crippen LogP contribution is 2.17. The summed E-state index contributed by atoms with van der Waals surface area (Å²) in [5.41, 5.74) is 5.60. The van der Waals surface area contributed by atoms with Crippen molar-refractivity contribution >= 4 is 11.7 Å². The topological polar surface area (TPSA) is 78.9 Å². The van der Waals surface area contributed by atoms with Crippen LogP contribution >= 0.6 is 0 Å². The van der Waals surface area contributed by atoms with E-state index in [9.17, 15) is 4.39 Å². The van der Waals surface area contributed by atoms with Crippen molar-refractivity contribution in [1.82, 2.24) is 9.97 Å². The number of rotatable bonds is 5. The summed E-state index contributed by atoms with van der Waals surface area (Å²) in [7, 11) is 0. The van der Waals surface area contributed by atoms with Crippen molar-refractivity contribution in [2.45, 2.75) is 20.3 Å². The first-order valence-electron chi connectivity index (χ1n) is 5.11. The molecule has 5 nitrogen and oxygen atoms in total. The zero-order chi connectivity index (χ0) is 12.1. The zero-order valence-corrected chi connectivity index (χ0v) is 9.50. The Labute approximate surface area is 94.0 Å². The summed E-state index contributed by atoms with van der Waals surface area (Å²) in [4.78, 5) is 9.43. The molecule has 0 fully saturated rings. The van der Waals surface area contributed by atoms with Gasteiger partial charge < -0.3 is 10.6 Å². The molecule has 0 radical (unpaired) electrons. The smallest absolute Gasteiger partial charge is 0.186 e. The monoisotopic (exact) mass is 225 g/mol. The summed E-state index contributed by atoms with van der Waals surface area (Å²) in [6.07, 6.45) is 1.74. The predicted molar refractivity (Wildman–Crippen MR) is 61.1 cm³/mol. The number of hydrogen-bond acceptors (Lipinski definition) is 4. The summed E-state index contributed by atoms with van der Waals surface area (Å²) in [6.45, 7) is 4.59. The van der Waals surface area contributed by atoms with Gasteiger partial charge in [0, 0.05) is 19.5 Å². The van der Waals surface area contributed by atoms with Gasteiger partial charge >= 0.3 is 0 Å². The highest BCUT2D eigenvalue weighted by molar-refractivity contribution is 5.77. The molecule has 1 heterocycles. The largest absolute Gasteiger partial charge is 0.388 e. The van der Waals surface area contributed by atoms with Crippen molar-refractivity contribution in [1.29, 1.82) is 5.41 Å². The molecule has 0 saturated carbocycles. The van der Waals surface area contributed by atoms with E-state index >= 15 is 0 Å². The van der Waals surface area contributed by atoms with Crippen molar-refractivity contribution in [2.75, 3.05) is 18.0 Å². The summed E-state index contributed by atoms with van der Waals surface area (Å²) in [5, 5.41) is 7.15. The van der Waals surface area contributed by atoms with E-state index in [1.807, 2.05) is 6.92 Å². The van der Waals surface area contributed by atoms with Crippen LogP contribution in [0.5, 0.6) is 0 Å². The van der Waals surface area contributed by atoms with Crippen LogP contribution in [-0.2, 0) is 0 Å². The van der Waals surface area contributed by atoms with E-state index in [1.165, 1.54) is 6.33 Å². The van der Waals surface area contributed by atoms with Crippen LogP contribution < -0.4 is 10.6 Å². The molecule has 0 aromatic carbocycles. The Balaban J connectivity index is 2.86. The first kappa shape index (κ1) is 12.4. The van der Waals surface area contributed by atoms with Crippen LogP contribution in [0, 0.1) is 18.2 Å². The minimum atomic E-state index is -0.409. The first-order chi connectivity index (χ1) is 7.56. The molecule has 0 unspecified atom stereocenters. The predicted octanol–water partition coefficient (Wildman–Crippen LogP) is 1.08. The minimum Gasteiger partial charge on any atom is -0.388 e. The number of aryl methyl sites for hydroxylation is 1. The number of nitrogens with one attached hydrogen (secondary N) is 1. The molecule has 6 heteroatoms. The average Bonchev–Trinajstić information content (AvgIpc) is 2.24. The van der Waals surface area contributed by atoms with Crippen molar-refractivity contribution in [3.05, 3.63) is 17.8 Å². The molecule has 0 saturated heterocycles. The first-order valence-corrected chi connectivity index (χ1v) is 5.11. The van der Waals surface area contributed by atoms with Crippen LogP contribution in [0.1, 0.15) is 19.0 Å². The maximum atomic E-state index is 13.7. The molecule has 0 amide bonds. The minimum absolute atomic E-state index is 0.0876. The summed E-state index contributed by atoms with van der Waals surface area (Å²) in [6, 6.07) is 0. The Morgan fingerprint density at radius 1 is 1.56 bits per heavy atom. The van der Waals surface area contributed by atoms with Crippen LogP contribution in [0.15, 0.2) is 6.33 Å². The Morgan fingerprint density at radius 2 is 2.25 bits per heavy atom. The maximum Gasteiger partial charge on any atom is 0.186 e. The molecule has 88 valence electrons. The lowest BCUT2D eigenvalue weighted by Gasteiger charge is -2.22. The van der Waals surface area contributed by atoms with Gasteiger partial charge in [0.1, 0.15) is 6.33 Å². The second-order valence-electron chi connectivity index (χ2n) is 3.45. The van der Waals surface area contributed by atoms with Gasteiger partial charge in [0.15, 0.2) is 11.6 Å². The number of amidine groups is 1. The van der Waals surface area contributed by atoms with Crippen molar-refractivity contribution in [2.24, 2.45) is 5.73 Å². The Morgan fingerprint density at radius 3 is 2.81 bits per heavy atom. The zero-order valence-electron chi connectivity index (χ0n) is 9.50. The maximum absolute atomic E-state index is 13.7. The van der Waals surface area contributed by atoms with Gasteiger partial charge in [-0.05, 0) is 13.8 Å². The number of hydrogen-bond donors (Lipinski definition) is 2. The van der Waals surface area contributed by atoms with Gasteiger partial charge in [-0.15, -0.1) is 0 Å². The third kappa shape index (κ3) is 2.88. The number of halogens is 1. The van der Waals surface area contributed by atoms with Crippen LogP contribution in [0.3, 0.4) is 0 Å². The molecule has 1 aromatic heterocycles. The Bertz CT molecular complexity index is 379. The summed E-state index contributed by atoms with van der Waals surface area (Å²) in [5.74, 6) is -0.0474. The molecule has 0 bridgehead atoms. The van der Waals surface area contributed by atoms with Gasteiger partial charge in [0.05, 0.1) is 11.5 Å². The van der Waals surface area contributed by atoms with Gasteiger partial charge in [-0.25, -0.2) is 14.4 Å². The molecule has 1 rings (SSSR count). The van der Waals surface area contributed by atoms with E-state index in [0.29, 0.717) is 25.2 Å². The third-order valence-corrected chi connectivity index (χ3v) is 2.28. The van der Waals surface area contributed by atoms with Crippen molar-refractivity contribution in [3.63, 3.8) is 0 Å². The van der Waals surface area contributed by atoms with Crippen molar-refractivity contribution in [3.8, 4) is 0 Å². The van der Waals surface area contributed by atoms with Crippen LogP contribution in [0.4, 0.5) is 10.2 Å². The molecular formula is C10H16FN5. The van der Waals surface area contributed by atoms with Gasteiger partial charge in [0.25, 0.3) is 0 Å². The molecule has 0 atom stereocenters. The van der Waals surface area contributed by atoms with Crippen LogP contribution in [0.2, 0.25) is 0 Å². The van der Waals surface area contributed by atoms with Gasteiger partial charge in [-0.2, -0.15) is 0 Å². The second kappa shape index (κ2) is 5.39. The lowest BCUT2D eigenvalue weighted by Crippen LogP contribution is -2.29. The Kier molecular flexibility index (Phi) is 4.16. The van der Waals surface area contributed by atoms with Crippen LogP contribution in [0.25, 0.3) is 0 Å². The fourth-order valence-corrected chi connectivity index (χ4v) is 1.33. The molecule has 3 N–H and O–H groups in total. The highest BCUT2D eigenvalue weighted by atomic mass is 19.1. The molecule has 0 spiro atoms. The third-order valence-electron chi connectivity index (χ3n) is 2.28. The highest BCUT2D eigenvalue weighted by Gasteiger charge is 2.13.